The summed E-state index contributed by atoms with van der Waals surface area (Å²) in [6, 6.07) is 0. The highest BCUT2D eigenvalue weighted by atomic mass is 127. The van der Waals surface area contributed by atoms with Gasteiger partial charge in [-0.1, -0.05) is 0 Å². The summed E-state index contributed by atoms with van der Waals surface area (Å²) in [6.45, 7) is 5.27. The van der Waals surface area contributed by atoms with Crippen LogP contribution in [0.4, 0.5) is 13.2 Å². The van der Waals surface area contributed by atoms with Gasteiger partial charge < -0.3 is 15.1 Å². The van der Waals surface area contributed by atoms with Gasteiger partial charge in [0.25, 0.3) is 0 Å². The lowest BCUT2D eigenvalue weighted by atomic mass is 10.1. The number of hydrogen-bond donors (Lipinski definition) is 1. The SMILES string of the molecule is CN=C(NCc1nc(C(F)(F)F)cs1)N1CCN(CC(=O)N2CCCCC2)CC1.I. The number of aliphatic imine (C=N–C) groups is 1. The van der Waals surface area contributed by atoms with Crippen molar-refractivity contribution in [1.29, 1.82) is 0 Å². The summed E-state index contributed by atoms with van der Waals surface area (Å²) in [4.78, 5) is 26.4. The van der Waals surface area contributed by atoms with Crippen molar-refractivity contribution in [3.05, 3.63) is 16.1 Å². The highest BCUT2D eigenvalue weighted by Crippen LogP contribution is 2.29. The topological polar surface area (TPSA) is 64.1 Å². The first kappa shape index (κ1) is 25.1. The van der Waals surface area contributed by atoms with Gasteiger partial charge in [-0.05, 0) is 19.3 Å². The fraction of sp³-hybridized carbons (Fsp3) is 0.722. The molecule has 3 rings (SSSR count). The summed E-state index contributed by atoms with van der Waals surface area (Å²) in [5.74, 6) is 0.834. The van der Waals surface area contributed by atoms with Crippen LogP contribution in [0, 0.1) is 0 Å². The third-order valence-corrected chi connectivity index (χ3v) is 6.04. The highest BCUT2D eigenvalue weighted by molar-refractivity contribution is 14.0. The van der Waals surface area contributed by atoms with E-state index in [1.165, 1.54) is 6.42 Å². The number of nitrogens with zero attached hydrogens (tertiary/aromatic N) is 5. The maximum absolute atomic E-state index is 12.7. The van der Waals surface area contributed by atoms with Crippen LogP contribution in [0.5, 0.6) is 0 Å². The molecule has 12 heteroatoms. The molecule has 30 heavy (non-hydrogen) atoms. The number of likely N-dealkylation sites (tertiary alicyclic amines) is 1. The minimum Gasteiger partial charge on any atom is -0.350 e. The van der Waals surface area contributed by atoms with E-state index < -0.39 is 11.9 Å². The number of alkyl halides is 3. The predicted molar refractivity (Wildman–Crippen MR) is 121 cm³/mol. The average Bonchev–Trinajstić information content (AvgIpc) is 3.20. The smallest absolute Gasteiger partial charge is 0.350 e. The highest BCUT2D eigenvalue weighted by Gasteiger charge is 2.33. The van der Waals surface area contributed by atoms with Gasteiger partial charge in [-0.2, -0.15) is 13.2 Å². The number of hydrogen-bond acceptors (Lipinski definition) is 5. The molecule has 2 fully saturated rings. The number of nitrogens with one attached hydrogen (secondary N) is 1. The maximum atomic E-state index is 12.7. The molecule has 170 valence electrons. The van der Waals surface area contributed by atoms with Crippen LogP contribution in [0.15, 0.2) is 10.4 Å². The molecule has 0 aliphatic carbocycles. The summed E-state index contributed by atoms with van der Waals surface area (Å²) < 4.78 is 38.0. The van der Waals surface area contributed by atoms with Gasteiger partial charge in [-0.15, -0.1) is 35.3 Å². The number of carbonyl (C=O) groups excluding carboxylic acids is 1. The summed E-state index contributed by atoms with van der Waals surface area (Å²) in [7, 11) is 1.65. The monoisotopic (exact) mass is 560 g/mol. The second-order valence-electron chi connectivity index (χ2n) is 7.23. The van der Waals surface area contributed by atoms with Crippen LogP contribution >= 0.6 is 35.3 Å². The molecule has 2 aliphatic heterocycles. The molecule has 0 radical (unpaired) electrons. The van der Waals surface area contributed by atoms with Crippen LogP contribution in [0.25, 0.3) is 0 Å². The van der Waals surface area contributed by atoms with Gasteiger partial charge in [0.2, 0.25) is 5.91 Å². The van der Waals surface area contributed by atoms with Crippen molar-refractivity contribution in [2.75, 3.05) is 52.9 Å². The van der Waals surface area contributed by atoms with E-state index in [-0.39, 0.29) is 36.4 Å². The number of halogens is 4. The third-order valence-electron chi connectivity index (χ3n) is 5.19. The number of guanidine groups is 1. The van der Waals surface area contributed by atoms with Crippen LogP contribution in [0.3, 0.4) is 0 Å². The first-order valence-corrected chi connectivity index (χ1v) is 10.7. The number of carbonyl (C=O) groups is 1. The van der Waals surface area contributed by atoms with Gasteiger partial charge in [0.05, 0.1) is 13.1 Å². The van der Waals surface area contributed by atoms with Crippen molar-refractivity contribution in [2.45, 2.75) is 32.0 Å². The third kappa shape index (κ3) is 6.94. The van der Waals surface area contributed by atoms with Crippen molar-refractivity contribution in [1.82, 2.24) is 25.0 Å². The molecule has 0 aromatic carbocycles. The van der Waals surface area contributed by atoms with Gasteiger partial charge in [0.15, 0.2) is 11.7 Å². The average molecular weight is 560 g/mol. The molecule has 0 bridgehead atoms. The maximum Gasteiger partial charge on any atom is 0.434 e. The van der Waals surface area contributed by atoms with E-state index in [4.69, 9.17) is 0 Å². The van der Waals surface area contributed by atoms with E-state index >= 15 is 0 Å². The van der Waals surface area contributed by atoms with Crippen molar-refractivity contribution < 1.29 is 18.0 Å². The van der Waals surface area contributed by atoms with Gasteiger partial charge in [0.1, 0.15) is 5.01 Å². The normalized spacial score (nSPS) is 18.9. The number of piperazine rings is 1. The molecule has 0 atom stereocenters. The molecule has 2 saturated heterocycles. The molecule has 1 amide bonds. The second kappa shape index (κ2) is 11.5. The predicted octanol–water partition coefficient (Wildman–Crippen LogP) is 2.49. The first-order chi connectivity index (χ1) is 13.9. The van der Waals surface area contributed by atoms with Gasteiger partial charge in [-0.25, -0.2) is 4.98 Å². The zero-order valence-corrected chi connectivity index (χ0v) is 20.1. The Labute approximate surface area is 195 Å². The van der Waals surface area contributed by atoms with Crippen molar-refractivity contribution in [3.8, 4) is 0 Å². The molecule has 3 heterocycles. The largest absolute Gasteiger partial charge is 0.434 e. The fourth-order valence-electron chi connectivity index (χ4n) is 3.56. The molecule has 0 unspecified atom stereocenters. The standard InChI is InChI=1S/C18H27F3N6OS.HI/c1-22-17(23-11-15-24-14(13-29-15)18(19,20)21)27-9-7-25(8-10-27)12-16(28)26-5-3-2-4-6-26;/h13H,2-12H2,1H3,(H,22,23);1H. The lowest BCUT2D eigenvalue weighted by Crippen LogP contribution is -2.54. The Morgan fingerprint density at radius 1 is 1.13 bits per heavy atom. The van der Waals surface area contributed by atoms with Crippen LogP contribution in [-0.2, 0) is 17.5 Å². The lowest BCUT2D eigenvalue weighted by molar-refractivity contribution is -0.140. The molecule has 1 aromatic rings. The van der Waals surface area contributed by atoms with Crippen molar-refractivity contribution in [2.24, 2.45) is 4.99 Å². The summed E-state index contributed by atoms with van der Waals surface area (Å²) in [6.07, 6.45) is -1.04. The minimum atomic E-state index is -4.42. The number of aromatic nitrogens is 1. The molecular formula is C18H28F3IN6OS. The molecule has 0 saturated carbocycles. The van der Waals surface area contributed by atoms with Crippen LogP contribution in [-0.4, -0.2) is 84.4 Å². The van der Waals surface area contributed by atoms with E-state index in [0.29, 0.717) is 30.6 Å². The van der Waals surface area contributed by atoms with Crippen LogP contribution in [0.2, 0.25) is 0 Å². The number of amides is 1. The molecular weight excluding hydrogens is 532 g/mol. The Hall–Kier alpha value is -1.15. The van der Waals surface area contributed by atoms with Gasteiger partial charge in [0, 0.05) is 51.7 Å². The lowest BCUT2D eigenvalue weighted by Gasteiger charge is -2.37. The van der Waals surface area contributed by atoms with E-state index in [9.17, 15) is 18.0 Å². The summed E-state index contributed by atoms with van der Waals surface area (Å²) >= 11 is 0.979. The first-order valence-electron chi connectivity index (χ1n) is 9.84. The number of piperidine rings is 1. The minimum absolute atomic E-state index is 0. The molecule has 1 N–H and O–H groups in total. The van der Waals surface area contributed by atoms with Gasteiger partial charge >= 0.3 is 6.18 Å². The van der Waals surface area contributed by atoms with Crippen molar-refractivity contribution in [3.63, 3.8) is 0 Å². The van der Waals surface area contributed by atoms with Crippen LogP contribution in [0.1, 0.15) is 30.0 Å². The number of rotatable bonds is 4. The number of thiazole rings is 1. The summed E-state index contributed by atoms with van der Waals surface area (Å²) in [5, 5.41) is 4.48. The zero-order chi connectivity index (χ0) is 20.9. The fourth-order valence-corrected chi connectivity index (χ4v) is 4.30. The zero-order valence-electron chi connectivity index (χ0n) is 17.0. The molecule has 7 nitrogen and oxygen atoms in total. The summed E-state index contributed by atoms with van der Waals surface area (Å²) in [5.41, 5.74) is -0.860. The Bertz CT molecular complexity index is 715. The Kier molecular flexibility index (Phi) is 9.60. The molecule has 0 spiro atoms. The van der Waals surface area contributed by atoms with E-state index in [0.717, 1.165) is 55.7 Å². The Morgan fingerprint density at radius 2 is 1.80 bits per heavy atom. The van der Waals surface area contributed by atoms with Gasteiger partial charge in [-0.3, -0.25) is 14.7 Å². The van der Waals surface area contributed by atoms with E-state index in [2.05, 4.69) is 25.1 Å². The van der Waals surface area contributed by atoms with Crippen LogP contribution < -0.4 is 5.32 Å². The van der Waals surface area contributed by atoms with Crippen molar-refractivity contribution >= 4 is 47.2 Å². The van der Waals surface area contributed by atoms with E-state index in [1.807, 2.05) is 4.90 Å². The quantitative estimate of drug-likeness (QED) is 0.349. The Balaban J connectivity index is 0.00000320. The molecule has 1 aromatic heterocycles. The second-order valence-corrected chi connectivity index (χ2v) is 8.17. The molecule has 2 aliphatic rings. The van der Waals surface area contributed by atoms with E-state index in [1.54, 1.807) is 7.05 Å². The Morgan fingerprint density at radius 3 is 2.37 bits per heavy atom.